The van der Waals surface area contributed by atoms with Gasteiger partial charge in [0.15, 0.2) is 11.5 Å². The number of nitrogens with zero attached hydrogens (tertiary/aromatic N) is 2. The van der Waals surface area contributed by atoms with E-state index in [-0.39, 0.29) is 17.6 Å². The molecule has 0 radical (unpaired) electrons. The molecular formula is C14H15N3O3S. The molecule has 3 N–H and O–H groups in total. The molecular weight excluding hydrogens is 290 g/mol. The molecule has 2 rings (SSSR count). The number of aromatic nitrogens is 2. The first-order valence-corrected chi connectivity index (χ1v) is 6.55. The summed E-state index contributed by atoms with van der Waals surface area (Å²) in [6.07, 6.45) is 0. The minimum Gasteiger partial charge on any atom is -0.493 e. The molecule has 1 aromatic carbocycles. The molecule has 0 unspecified atom stereocenters. The zero-order chi connectivity index (χ0) is 15.4. The van der Waals surface area contributed by atoms with E-state index in [1.165, 1.54) is 7.11 Å². The van der Waals surface area contributed by atoms with Crippen molar-refractivity contribution in [2.45, 2.75) is 13.5 Å². The Hall–Kier alpha value is -2.25. The number of aliphatic hydroxyl groups is 1. The van der Waals surface area contributed by atoms with E-state index in [1.54, 1.807) is 31.2 Å². The van der Waals surface area contributed by atoms with E-state index in [0.29, 0.717) is 28.5 Å². The van der Waals surface area contributed by atoms with Crippen molar-refractivity contribution in [3.05, 3.63) is 41.2 Å². The molecule has 0 aliphatic rings. The van der Waals surface area contributed by atoms with Crippen LogP contribution in [0.1, 0.15) is 17.0 Å². The van der Waals surface area contributed by atoms with E-state index in [4.69, 9.17) is 32.5 Å². The third-order valence-corrected chi connectivity index (χ3v) is 2.91. The zero-order valence-electron chi connectivity index (χ0n) is 11.7. The molecule has 0 saturated heterocycles. The van der Waals surface area contributed by atoms with Crippen LogP contribution in [0, 0.1) is 6.92 Å². The fourth-order valence-corrected chi connectivity index (χ4v) is 1.81. The Bertz CT molecular complexity index is 677. The molecule has 0 aliphatic carbocycles. The quantitative estimate of drug-likeness (QED) is 0.813. The lowest BCUT2D eigenvalue weighted by atomic mass is 10.2. The minimum atomic E-state index is -0.0802. The number of hydrogen-bond acceptors (Lipinski definition) is 6. The van der Waals surface area contributed by atoms with E-state index in [9.17, 15) is 0 Å². The lowest BCUT2D eigenvalue weighted by molar-refractivity contribution is 0.280. The van der Waals surface area contributed by atoms with Gasteiger partial charge in [-0.15, -0.1) is 0 Å². The van der Waals surface area contributed by atoms with Crippen LogP contribution in [-0.2, 0) is 6.61 Å². The van der Waals surface area contributed by atoms with E-state index in [0.717, 1.165) is 0 Å². The molecule has 2 aromatic rings. The van der Waals surface area contributed by atoms with Gasteiger partial charge >= 0.3 is 6.01 Å². The van der Waals surface area contributed by atoms with Crippen LogP contribution in [0.2, 0.25) is 0 Å². The number of aryl methyl sites for hydroxylation is 1. The Morgan fingerprint density at radius 1 is 1.29 bits per heavy atom. The van der Waals surface area contributed by atoms with Crippen LogP contribution < -0.4 is 15.2 Å². The number of thiocarbonyl (C=S) groups is 1. The summed E-state index contributed by atoms with van der Waals surface area (Å²) in [7, 11) is 1.51. The van der Waals surface area contributed by atoms with Gasteiger partial charge < -0.3 is 20.3 Å². The summed E-state index contributed by atoms with van der Waals surface area (Å²) in [5.41, 5.74) is 7.42. The zero-order valence-corrected chi connectivity index (χ0v) is 12.5. The molecule has 1 aromatic heterocycles. The number of ether oxygens (including phenoxy) is 2. The average Bonchev–Trinajstić information content (AvgIpc) is 2.47. The van der Waals surface area contributed by atoms with Gasteiger partial charge in [-0.25, -0.2) is 4.98 Å². The number of hydrogen-bond donors (Lipinski definition) is 2. The van der Waals surface area contributed by atoms with Gasteiger partial charge in [-0.3, -0.25) is 0 Å². The minimum absolute atomic E-state index is 0.0802. The second-order valence-corrected chi connectivity index (χ2v) is 4.73. The normalized spacial score (nSPS) is 10.2. The number of benzene rings is 1. The van der Waals surface area contributed by atoms with Crippen LogP contribution >= 0.6 is 12.2 Å². The van der Waals surface area contributed by atoms with Crippen LogP contribution in [0.25, 0.3) is 0 Å². The van der Waals surface area contributed by atoms with Crippen molar-refractivity contribution in [2.75, 3.05) is 7.11 Å². The Morgan fingerprint density at radius 2 is 2.05 bits per heavy atom. The topological polar surface area (TPSA) is 90.5 Å². The summed E-state index contributed by atoms with van der Waals surface area (Å²) >= 11 is 4.91. The number of methoxy groups -OCH3 is 1. The fraction of sp³-hybridized carbons (Fsp3) is 0.214. The molecule has 0 saturated carbocycles. The number of aliphatic hydroxyl groups excluding tert-OH is 1. The average molecular weight is 305 g/mol. The van der Waals surface area contributed by atoms with E-state index < -0.39 is 0 Å². The molecule has 0 amide bonds. The third-order valence-electron chi connectivity index (χ3n) is 2.70. The molecule has 0 aliphatic heterocycles. The van der Waals surface area contributed by atoms with Crippen molar-refractivity contribution in [1.82, 2.24) is 9.97 Å². The van der Waals surface area contributed by atoms with Gasteiger partial charge in [0.1, 0.15) is 10.7 Å². The van der Waals surface area contributed by atoms with Gasteiger partial charge in [0, 0.05) is 5.69 Å². The van der Waals surface area contributed by atoms with Gasteiger partial charge in [0.25, 0.3) is 0 Å². The standard InChI is InChI=1S/C14H15N3O3S/c1-8-5-10(13(15)21)17-14(16-8)20-11-4-3-9(7-18)6-12(11)19-2/h3-6,18H,7H2,1-2H3,(H2,15,21). The van der Waals surface area contributed by atoms with Gasteiger partial charge in [-0.1, -0.05) is 18.3 Å². The van der Waals surface area contributed by atoms with Crippen molar-refractivity contribution >= 4 is 17.2 Å². The fourth-order valence-electron chi connectivity index (χ4n) is 1.71. The third kappa shape index (κ3) is 3.65. The molecule has 110 valence electrons. The van der Waals surface area contributed by atoms with Gasteiger partial charge in [-0.05, 0) is 30.7 Å². The summed E-state index contributed by atoms with van der Waals surface area (Å²) in [4.78, 5) is 8.49. The summed E-state index contributed by atoms with van der Waals surface area (Å²) < 4.78 is 10.9. The maximum Gasteiger partial charge on any atom is 0.322 e. The number of nitrogens with two attached hydrogens (primary N) is 1. The van der Waals surface area contributed by atoms with Crippen molar-refractivity contribution in [2.24, 2.45) is 5.73 Å². The summed E-state index contributed by atoms with van der Waals surface area (Å²) in [5.74, 6) is 0.915. The highest BCUT2D eigenvalue weighted by Crippen LogP contribution is 2.31. The van der Waals surface area contributed by atoms with Crippen molar-refractivity contribution in [3.63, 3.8) is 0 Å². The van der Waals surface area contributed by atoms with Gasteiger partial charge in [0.05, 0.1) is 13.7 Å². The summed E-state index contributed by atoms with van der Waals surface area (Å²) in [5, 5.41) is 9.12. The van der Waals surface area contributed by atoms with Crippen molar-refractivity contribution in [1.29, 1.82) is 0 Å². The molecule has 21 heavy (non-hydrogen) atoms. The molecule has 0 fully saturated rings. The van der Waals surface area contributed by atoms with Crippen LogP contribution in [0.15, 0.2) is 24.3 Å². The van der Waals surface area contributed by atoms with Crippen molar-refractivity contribution < 1.29 is 14.6 Å². The lowest BCUT2D eigenvalue weighted by Crippen LogP contribution is -2.13. The van der Waals surface area contributed by atoms with Crippen LogP contribution in [0.3, 0.4) is 0 Å². The highest BCUT2D eigenvalue weighted by Gasteiger charge is 2.11. The van der Waals surface area contributed by atoms with Gasteiger partial charge in [-0.2, -0.15) is 4.98 Å². The Balaban J connectivity index is 2.35. The highest BCUT2D eigenvalue weighted by atomic mass is 32.1. The van der Waals surface area contributed by atoms with E-state index >= 15 is 0 Å². The Morgan fingerprint density at radius 3 is 2.67 bits per heavy atom. The molecule has 0 bridgehead atoms. The summed E-state index contributed by atoms with van der Waals surface area (Å²) in [6, 6.07) is 6.90. The number of rotatable bonds is 5. The second kappa shape index (κ2) is 6.47. The Labute approximate surface area is 127 Å². The largest absolute Gasteiger partial charge is 0.493 e. The first-order chi connectivity index (χ1) is 10.0. The smallest absolute Gasteiger partial charge is 0.322 e. The Kier molecular flexibility index (Phi) is 4.66. The van der Waals surface area contributed by atoms with Gasteiger partial charge in [0.2, 0.25) is 0 Å². The SMILES string of the molecule is COc1cc(CO)ccc1Oc1nc(C)cc(C(N)=S)n1. The lowest BCUT2D eigenvalue weighted by Gasteiger charge is -2.11. The van der Waals surface area contributed by atoms with Crippen molar-refractivity contribution in [3.8, 4) is 17.5 Å². The maximum absolute atomic E-state index is 9.12. The van der Waals surface area contributed by atoms with E-state index in [1.807, 2.05) is 0 Å². The van der Waals surface area contributed by atoms with Crippen LogP contribution in [0.4, 0.5) is 0 Å². The maximum atomic E-state index is 9.12. The molecule has 0 spiro atoms. The molecule has 1 heterocycles. The monoisotopic (exact) mass is 305 g/mol. The second-order valence-electron chi connectivity index (χ2n) is 4.29. The molecule has 7 heteroatoms. The summed E-state index contributed by atoms with van der Waals surface area (Å²) in [6.45, 7) is 1.71. The molecule has 6 nitrogen and oxygen atoms in total. The highest BCUT2D eigenvalue weighted by molar-refractivity contribution is 7.80. The van der Waals surface area contributed by atoms with Crippen LogP contribution in [0.5, 0.6) is 17.5 Å². The van der Waals surface area contributed by atoms with E-state index in [2.05, 4.69) is 9.97 Å². The predicted octanol–water partition coefficient (Wildman–Crippen LogP) is 1.71. The first-order valence-electron chi connectivity index (χ1n) is 6.14. The molecule has 0 atom stereocenters. The predicted molar refractivity (Wildman–Crippen MR) is 81.6 cm³/mol. The van der Waals surface area contributed by atoms with Crippen LogP contribution in [-0.4, -0.2) is 27.2 Å². The first kappa shape index (κ1) is 15.1.